The van der Waals surface area contributed by atoms with Gasteiger partial charge in [-0.15, -0.1) is 0 Å². The summed E-state index contributed by atoms with van der Waals surface area (Å²) in [6, 6.07) is 13.5. The van der Waals surface area contributed by atoms with Crippen molar-refractivity contribution in [3.8, 4) is 0 Å². The van der Waals surface area contributed by atoms with E-state index in [-0.39, 0.29) is 5.56 Å². The highest BCUT2D eigenvalue weighted by Crippen LogP contribution is 2.16. The van der Waals surface area contributed by atoms with Crippen molar-refractivity contribution in [1.82, 2.24) is 14.5 Å². The molecule has 3 aromatic rings. The number of rotatable bonds is 3. The lowest BCUT2D eigenvalue weighted by Gasteiger charge is -2.22. The number of guanidine groups is 1. The number of pyridine rings is 1. The number of anilines is 2. The Morgan fingerprint density at radius 3 is 2.78 bits per heavy atom. The van der Waals surface area contributed by atoms with Crippen molar-refractivity contribution in [3.63, 3.8) is 0 Å². The molecule has 0 spiro atoms. The van der Waals surface area contributed by atoms with Crippen molar-refractivity contribution in [2.24, 2.45) is 0 Å². The number of hydrogen-bond acceptors (Lipinski definition) is 5. The quantitative estimate of drug-likeness (QED) is 0.649. The molecule has 0 aliphatic carbocycles. The molecular formula is C20H21N6O+. The van der Waals surface area contributed by atoms with Gasteiger partial charge in [0.1, 0.15) is 0 Å². The molecular weight excluding hydrogens is 340 g/mol. The second-order valence-electron chi connectivity index (χ2n) is 6.44. The van der Waals surface area contributed by atoms with Crippen LogP contribution in [0.3, 0.4) is 0 Å². The largest absolute Gasteiger partial charge is 0.357 e. The Morgan fingerprint density at radius 2 is 2.07 bits per heavy atom. The number of aromatic nitrogens is 3. The van der Waals surface area contributed by atoms with Gasteiger partial charge in [0.25, 0.3) is 11.5 Å². The van der Waals surface area contributed by atoms with Gasteiger partial charge in [-0.3, -0.25) is 14.8 Å². The van der Waals surface area contributed by atoms with Crippen molar-refractivity contribution in [2.75, 3.05) is 10.6 Å². The number of benzene rings is 1. The van der Waals surface area contributed by atoms with E-state index in [4.69, 9.17) is 0 Å². The van der Waals surface area contributed by atoms with Crippen LogP contribution in [0, 0.1) is 6.92 Å². The van der Waals surface area contributed by atoms with Crippen molar-refractivity contribution in [1.29, 1.82) is 0 Å². The molecule has 2 aromatic heterocycles. The molecule has 1 aromatic carbocycles. The van der Waals surface area contributed by atoms with E-state index in [9.17, 15) is 4.79 Å². The molecule has 3 heterocycles. The van der Waals surface area contributed by atoms with Crippen LogP contribution in [0.15, 0.2) is 59.7 Å². The third-order valence-corrected chi connectivity index (χ3v) is 4.49. The van der Waals surface area contributed by atoms with Crippen LogP contribution >= 0.6 is 0 Å². The van der Waals surface area contributed by atoms with Gasteiger partial charge in [0.05, 0.1) is 5.69 Å². The first-order valence-electron chi connectivity index (χ1n) is 8.90. The molecule has 1 aliphatic rings. The normalized spacial score (nSPS) is 15.5. The van der Waals surface area contributed by atoms with E-state index in [1.807, 2.05) is 31.2 Å². The Kier molecular flexibility index (Phi) is 4.42. The fourth-order valence-electron chi connectivity index (χ4n) is 3.10. The Morgan fingerprint density at radius 1 is 1.26 bits per heavy atom. The Balaban J connectivity index is 1.74. The van der Waals surface area contributed by atoms with Crippen LogP contribution in [-0.2, 0) is 6.42 Å². The molecule has 0 radical (unpaired) electrons. The van der Waals surface area contributed by atoms with Gasteiger partial charge in [-0.2, -0.15) is 0 Å². The summed E-state index contributed by atoms with van der Waals surface area (Å²) in [5.41, 5.74) is 3.62. The Hall–Kier alpha value is -3.48. The summed E-state index contributed by atoms with van der Waals surface area (Å²) >= 11 is 0. The molecule has 4 rings (SSSR count). The maximum absolute atomic E-state index is 12.6. The first-order valence-corrected chi connectivity index (χ1v) is 8.90. The lowest BCUT2D eigenvalue weighted by Crippen LogP contribution is -2.82. The fraction of sp³-hybridized carbons (Fsp3) is 0.200. The molecule has 7 nitrogen and oxygen atoms in total. The van der Waals surface area contributed by atoms with E-state index in [1.54, 1.807) is 17.0 Å². The van der Waals surface area contributed by atoms with Gasteiger partial charge < -0.3 is 0 Å². The van der Waals surface area contributed by atoms with Crippen molar-refractivity contribution in [2.45, 2.75) is 26.4 Å². The summed E-state index contributed by atoms with van der Waals surface area (Å²) in [5.74, 6) is 1.14. The van der Waals surface area contributed by atoms with E-state index >= 15 is 0 Å². The lowest BCUT2D eigenvalue weighted by atomic mass is 10.1. The first-order chi connectivity index (χ1) is 13.1. The van der Waals surface area contributed by atoms with Gasteiger partial charge in [0.15, 0.2) is 6.17 Å². The average molecular weight is 361 g/mol. The van der Waals surface area contributed by atoms with E-state index in [1.165, 1.54) is 11.6 Å². The standard InChI is InChI=1S/C20H20N6O/c1-3-14-6-8-16(9-7-14)23-19-24-18(15-5-4-10-21-12-15)26-17(27)11-13(2)22-20(26)25-19/h4-12,18H,3H2,1-2H3,(H2,22,23,24,25)/p+1/t18-/m1/s1. The van der Waals surface area contributed by atoms with Crippen LogP contribution in [0.25, 0.3) is 0 Å². The zero-order chi connectivity index (χ0) is 18.8. The molecule has 136 valence electrons. The highest BCUT2D eigenvalue weighted by molar-refractivity contribution is 5.99. The minimum absolute atomic E-state index is 0.127. The second kappa shape index (κ2) is 7.03. The molecule has 0 unspecified atom stereocenters. The summed E-state index contributed by atoms with van der Waals surface area (Å²) in [6.07, 6.45) is 4.04. The molecule has 0 bridgehead atoms. The Bertz CT molecular complexity index is 1040. The summed E-state index contributed by atoms with van der Waals surface area (Å²) in [7, 11) is 0. The van der Waals surface area contributed by atoms with E-state index in [0.29, 0.717) is 17.6 Å². The van der Waals surface area contributed by atoms with E-state index in [2.05, 4.69) is 44.7 Å². The molecule has 1 atom stereocenters. The SMILES string of the molecule is CCc1ccc(NC2=[NH+][C@@H](c3cccnc3)n3c(nc(C)cc3=O)N2)cc1. The minimum atomic E-state index is -0.409. The third-order valence-electron chi connectivity index (χ3n) is 4.49. The predicted molar refractivity (Wildman–Crippen MR) is 105 cm³/mol. The van der Waals surface area contributed by atoms with Crippen LogP contribution in [0.2, 0.25) is 0 Å². The van der Waals surface area contributed by atoms with Gasteiger partial charge in [-0.05, 0) is 37.1 Å². The van der Waals surface area contributed by atoms with Gasteiger partial charge in [-0.25, -0.2) is 20.2 Å². The predicted octanol–water partition coefficient (Wildman–Crippen LogP) is 1.03. The number of hydrogen-bond donors (Lipinski definition) is 3. The Labute approximate surface area is 156 Å². The molecule has 27 heavy (non-hydrogen) atoms. The summed E-state index contributed by atoms with van der Waals surface area (Å²) < 4.78 is 1.59. The average Bonchev–Trinajstić information content (AvgIpc) is 2.68. The molecule has 3 N–H and O–H groups in total. The zero-order valence-electron chi connectivity index (χ0n) is 15.2. The third kappa shape index (κ3) is 3.44. The second-order valence-corrected chi connectivity index (χ2v) is 6.44. The maximum Gasteiger partial charge on any atom is 0.357 e. The minimum Gasteiger partial charge on any atom is -0.269 e. The molecule has 0 saturated heterocycles. The van der Waals surface area contributed by atoms with Gasteiger partial charge in [0, 0.05) is 29.7 Å². The van der Waals surface area contributed by atoms with Crippen molar-refractivity contribution in [3.05, 3.63) is 82.0 Å². The van der Waals surface area contributed by atoms with E-state index in [0.717, 1.165) is 17.7 Å². The van der Waals surface area contributed by atoms with Crippen LogP contribution < -0.4 is 21.2 Å². The smallest absolute Gasteiger partial charge is 0.269 e. The molecule has 0 amide bonds. The molecule has 0 saturated carbocycles. The zero-order valence-corrected chi connectivity index (χ0v) is 15.2. The summed E-state index contributed by atoms with van der Waals surface area (Å²) in [6.45, 7) is 3.93. The molecule has 7 heteroatoms. The van der Waals surface area contributed by atoms with Gasteiger partial charge in [0.2, 0.25) is 0 Å². The van der Waals surface area contributed by atoms with Crippen molar-refractivity contribution < 1.29 is 4.99 Å². The van der Waals surface area contributed by atoms with Crippen LogP contribution in [-0.4, -0.2) is 20.5 Å². The number of nitrogens with one attached hydrogen (secondary N) is 3. The summed E-state index contributed by atoms with van der Waals surface area (Å²) in [5, 5.41) is 6.51. The fourth-order valence-corrected chi connectivity index (χ4v) is 3.10. The van der Waals surface area contributed by atoms with E-state index < -0.39 is 6.17 Å². The number of aryl methyl sites for hydroxylation is 2. The van der Waals surface area contributed by atoms with Gasteiger partial charge in [-0.1, -0.05) is 25.1 Å². The highest BCUT2D eigenvalue weighted by Gasteiger charge is 2.29. The first kappa shape index (κ1) is 17.0. The van der Waals surface area contributed by atoms with Crippen molar-refractivity contribution >= 4 is 17.6 Å². The van der Waals surface area contributed by atoms with Crippen LogP contribution in [0.4, 0.5) is 11.6 Å². The summed E-state index contributed by atoms with van der Waals surface area (Å²) in [4.78, 5) is 24.6. The van der Waals surface area contributed by atoms with Gasteiger partial charge >= 0.3 is 5.96 Å². The molecule has 1 aliphatic heterocycles. The highest BCUT2D eigenvalue weighted by atomic mass is 16.1. The lowest BCUT2D eigenvalue weighted by molar-refractivity contribution is -0.520. The molecule has 0 fully saturated rings. The van der Waals surface area contributed by atoms with Crippen LogP contribution in [0.1, 0.15) is 29.9 Å². The maximum atomic E-state index is 12.6. The monoisotopic (exact) mass is 361 g/mol. The van der Waals surface area contributed by atoms with Crippen LogP contribution in [0.5, 0.6) is 0 Å². The number of fused-ring (bicyclic) bond motifs is 1. The topological polar surface area (TPSA) is 85.8 Å². The number of nitrogens with zero attached hydrogens (tertiary/aromatic N) is 3.